The highest BCUT2D eigenvalue weighted by Gasteiger charge is 2.02. The van der Waals surface area contributed by atoms with E-state index in [1.54, 1.807) is 30.6 Å². The molecule has 1 aliphatic rings. The predicted molar refractivity (Wildman–Crippen MR) is 48.5 cm³/mol. The summed E-state index contributed by atoms with van der Waals surface area (Å²) in [5, 5.41) is 9.18. The maximum Gasteiger partial charge on any atom is 0.116 e. The number of aromatic hydroxyl groups is 1. The van der Waals surface area contributed by atoms with Gasteiger partial charge in [0.1, 0.15) is 5.75 Å². The van der Waals surface area contributed by atoms with Crippen molar-refractivity contribution in [3.63, 3.8) is 0 Å². The van der Waals surface area contributed by atoms with E-state index in [1.165, 1.54) is 0 Å². The third-order valence-corrected chi connectivity index (χ3v) is 1.71. The summed E-state index contributed by atoms with van der Waals surface area (Å²) in [5.41, 5.74) is 1.84. The van der Waals surface area contributed by atoms with Crippen LogP contribution in [0.1, 0.15) is 5.56 Å². The number of nitrogens with zero attached hydrogens (tertiary/aromatic N) is 2. The molecule has 12 heavy (non-hydrogen) atoms. The lowest BCUT2D eigenvalue weighted by Crippen LogP contribution is -1.80. The number of hydrogen-bond donors (Lipinski definition) is 1. The summed E-state index contributed by atoms with van der Waals surface area (Å²) in [5.74, 6) is 0.265. The maximum absolute atomic E-state index is 9.18. The molecule has 2 rings (SSSR count). The number of aliphatic imine (C=N–C) groups is 2. The molecule has 0 fully saturated rings. The SMILES string of the molecule is Oc1ccc2c(c1)CN=CC=N2. The first kappa shape index (κ1) is 7.03. The highest BCUT2D eigenvalue weighted by molar-refractivity contribution is 6.17. The molecule has 0 amide bonds. The van der Waals surface area contributed by atoms with Crippen molar-refractivity contribution in [2.24, 2.45) is 9.98 Å². The lowest BCUT2D eigenvalue weighted by molar-refractivity contribution is 0.474. The van der Waals surface area contributed by atoms with Crippen LogP contribution in [0, 0.1) is 0 Å². The van der Waals surface area contributed by atoms with E-state index in [0.717, 1.165) is 11.3 Å². The maximum atomic E-state index is 9.18. The van der Waals surface area contributed by atoms with Gasteiger partial charge < -0.3 is 5.11 Å². The summed E-state index contributed by atoms with van der Waals surface area (Å²) < 4.78 is 0. The van der Waals surface area contributed by atoms with Crippen molar-refractivity contribution in [2.45, 2.75) is 6.54 Å². The normalized spacial score (nSPS) is 14.0. The lowest BCUT2D eigenvalue weighted by Gasteiger charge is -2.00. The van der Waals surface area contributed by atoms with Crippen molar-refractivity contribution in [3.05, 3.63) is 23.8 Å². The van der Waals surface area contributed by atoms with E-state index in [-0.39, 0.29) is 5.75 Å². The van der Waals surface area contributed by atoms with Gasteiger partial charge in [0.05, 0.1) is 12.2 Å². The van der Waals surface area contributed by atoms with Gasteiger partial charge in [-0.05, 0) is 18.2 Å². The highest BCUT2D eigenvalue weighted by atomic mass is 16.3. The smallest absolute Gasteiger partial charge is 0.116 e. The quantitative estimate of drug-likeness (QED) is 0.616. The average Bonchev–Trinajstić information content (AvgIpc) is 2.28. The van der Waals surface area contributed by atoms with Gasteiger partial charge >= 0.3 is 0 Å². The minimum absolute atomic E-state index is 0.265. The van der Waals surface area contributed by atoms with Crippen LogP contribution in [0.2, 0.25) is 0 Å². The Morgan fingerprint density at radius 1 is 1.25 bits per heavy atom. The fourth-order valence-corrected chi connectivity index (χ4v) is 1.14. The standard InChI is InChI=1S/C9H8N2O/c12-8-1-2-9-7(5-8)6-10-3-4-11-9/h1-5,12H,6H2. The molecule has 0 bridgehead atoms. The molecular formula is C9H8N2O. The van der Waals surface area contributed by atoms with Crippen LogP contribution >= 0.6 is 0 Å². The molecule has 0 aliphatic carbocycles. The van der Waals surface area contributed by atoms with Crippen LogP contribution in [0.4, 0.5) is 5.69 Å². The second-order valence-corrected chi connectivity index (χ2v) is 2.58. The van der Waals surface area contributed by atoms with Crippen LogP contribution in [-0.4, -0.2) is 17.5 Å². The molecule has 0 radical (unpaired) electrons. The average molecular weight is 160 g/mol. The van der Waals surface area contributed by atoms with E-state index in [0.29, 0.717) is 6.54 Å². The van der Waals surface area contributed by atoms with Crippen LogP contribution in [0.15, 0.2) is 28.2 Å². The molecule has 1 aliphatic heterocycles. The van der Waals surface area contributed by atoms with Gasteiger partial charge in [0, 0.05) is 18.0 Å². The van der Waals surface area contributed by atoms with Crippen molar-refractivity contribution in [2.75, 3.05) is 0 Å². The van der Waals surface area contributed by atoms with Crippen LogP contribution < -0.4 is 0 Å². The Bertz CT molecular complexity index is 356. The van der Waals surface area contributed by atoms with Crippen molar-refractivity contribution in [1.82, 2.24) is 0 Å². The minimum Gasteiger partial charge on any atom is -0.508 e. The van der Waals surface area contributed by atoms with E-state index in [4.69, 9.17) is 0 Å². The summed E-state index contributed by atoms with van der Waals surface area (Å²) in [6.45, 7) is 0.587. The van der Waals surface area contributed by atoms with E-state index in [9.17, 15) is 5.11 Å². The topological polar surface area (TPSA) is 45.0 Å². The third-order valence-electron chi connectivity index (χ3n) is 1.71. The Morgan fingerprint density at radius 2 is 2.17 bits per heavy atom. The highest BCUT2D eigenvalue weighted by Crippen LogP contribution is 2.24. The molecule has 60 valence electrons. The molecule has 1 heterocycles. The van der Waals surface area contributed by atoms with Gasteiger partial charge in [-0.1, -0.05) is 0 Å². The zero-order valence-electron chi connectivity index (χ0n) is 6.44. The minimum atomic E-state index is 0.265. The van der Waals surface area contributed by atoms with Crippen LogP contribution in [0.25, 0.3) is 0 Å². The second kappa shape index (κ2) is 2.77. The van der Waals surface area contributed by atoms with Crippen LogP contribution in [-0.2, 0) is 6.54 Å². The van der Waals surface area contributed by atoms with Gasteiger partial charge in [-0.25, -0.2) is 0 Å². The number of phenolic OH excluding ortho intramolecular Hbond substituents is 1. The monoisotopic (exact) mass is 160 g/mol. The lowest BCUT2D eigenvalue weighted by atomic mass is 10.2. The first-order chi connectivity index (χ1) is 5.86. The zero-order chi connectivity index (χ0) is 8.39. The van der Waals surface area contributed by atoms with Gasteiger partial charge in [-0.2, -0.15) is 0 Å². The molecule has 1 aromatic rings. The molecular weight excluding hydrogens is 152 g/mol. The molecule has 0 aromatic heterocycles. The van der Waals surface area contributed by atoms with Crippen molar-refractivity contribution < 1.29 is 5.11 Å². The Kier molecular flexibility index (Phi) is 1.63. The van der Waals surface area contributed by atoms with E-state index in [1.807, 2.05) is 0 Å². The molecule has 0 spiro atoms. The largest absolute Gasteiger partial charge is 0.508 e. The van der Waals surface area contributed by atoms with Crippen LogP contribution in [0.3, 0.4) is 0 Å². The molecule has 3 heteroatoms. The van der Waals surface area contributed by atoms with Gasteiger partial charge in [0.15, 0.2) is 0 Å². The van der Waals surface area contributed by atoms with Gasteiger partial charge in [0.25, 0.3) is 0 Å². The zero-order valence-corrected chi connectivity index (χ0v) is 6.44. The molecule has 0 saturated carbocycles. The molecule has 1 N–H and O–H groups in total. The Morgan fingerprint density at radius 3 is 3.08 bits per heavy atom. The van der Waals surface area contributed by atoms with E-state index < -0.39 is 0 Å². The summed E-state index contributed by atoms with van der Waals surface area (Å²) >= 11 is 0. The number of phenols is 1. The fraction of sp³-hybridized carbons (Fsp3) is 0.111. The second-order valence-electron chi connectivity index (χ2n) is 2.58. The van der Waals surface area contributed by atoms with Gasteiger partial charge in [-0.15, -0.1) is 0 Å². The summed E-state index contributed by atoms with van der Waals surface area (Å²) in [7, 11) is 0. The number of hydrogen-bond acceptors (Lipinski definition) is 3. The predicted octanol–water partition coefficient (Wildman–Crippen LogP) is 1.68. The van der Waals surface area contributed by atoms with E-state index >= 15 is 0 Å². The van der Waals surface area contributed by atoms with Gasteiger partial charge in [0.2, 0.25) is 0 Å². The molecule has 3 nitrogen and oxygen atoms in total. The third kappa shape index (κ3) is 1.21. The van der Waals surface area contributed by atoms with Gasteiger partial charge in [-0.3, -0.25) is 9.98 Å². The number of rotatable bonds is 0. The van der Waals surface area contributed by atoms with Crippen molar-refractivity contribution >= 4 is 18.1 Å². The van der Waals surface area contributed by atoms with Crippen molar-refractivity contribution in [3.8, 4) is 5.75 Å². The summed E-state index contributed by atoms with van der Waals surface area (Å²) in [6.07, 6.45) is 3.32. The van der Waals surface area contributed by atoms with Crippen LogP contribution in [0.5, 0.6) is 5.75 Å². The van der Waals surface area contributed by atoms with Crippen molar-refractivity contribution in [1.29, 1.82) is 0 Å². The molecule has 0 atom stereocenters. The summed E-state index contributed by atoms with van der Waals surface area (Å²) in [6, 6.07) is 5.10. The Hall–Kier alpha value is -1.64. The Labute approximate surface area is 70.1 Å². The molecule has 0 saturated heterocycles. The first-order valence-electron chi connectivity index (χ1n) is 3.70. The number of fused-ring (bicyclic) bond motifs is 1. The number of benzene rings is 1. The first-order valence-corrected chi connectivity index (χ1v) is 3.70. The Balaban J connectivity index is 2.53. The fourth-order valence-electron chi connectivity index (χ4n) is 1.14. The van der Waals surface area contributed by atoms with E-state index in [2.05, 4.69) is 9.98 Å². The molecule has 0 unspecified atom stereocenters. The summed E-state index contributed by atoms with van der Waals surface area (Å²) in [4.78, 5) is 8.21. The molecule has 1 aromatic carbocycles.